The maximum absolute atomic E-state index is 14.5. The fourth-order valence-electron chi connectivity index (χ4n) is 5.21. The third-order valence-corrected chi connectivity index (χ3v) is 8.18. The van der Waals surface area contributed by atoms with Crippen LogP contribution >= 0.6 is 11.3 Å². The van der Waals surface area contributed by atoms with E-state index in [0.29, 0.717) is 41.8 Å². The van der Waals surface area contributed by atoms with Gasteiger partial charge in [0.05, 0.1) is 23.3 Å². The number of benzene rings is 1. The fraction of sp³-hybridized carbons (Fsp3) is 0.444. The molecule has 1 N–H and O–H groups in total. The van der Waals surface area contributed by atoms with E-state index in [0.717, 1.165) is 62.1 Å². The lowest BCUT2D eigenvalue weighted by Crippen LogP contribution is -2.44. The van der Waals surface area contributed by atoms with Gasteiger partial charge in [-0.2, -0.15) is 18.2 Å². The van der Waals surface area contributed by atoms with Crippen molar-refractivity contribution in [3.8, 4) is 17.1 Å². The topological polar surface area (TPSA) is 66.4 Å². The molecule has 3 aromatic heterocycles. The van der Waals surface area contributed by atoms with E-state index in [1.165, 1.54) is 6.42 Å². The second-order valence-electron chi connectivity index (χ2n) is 9.61. The number of ether oxygens (including phenoxy) is 1. The van der Waals surface area contributed by atoms with Crippen molar-refractivity contribution in [2.75, 3.05) is 55.7 Å². The van der Waals surface area contributed by atoms with Crippen molar-refractivity contribution in [2.24, 2.45) is 0 Å². The normalized spacial score (nSPS) is 16.9. The van der Waals surface area contributed by atoms with Crippen LogP contribution in [0.25, 0.3) is 31.7 Å². The predicted octanol–water partition coefficient (Wildman–Crippen LogP) is 5.72. The van der Waals surface area contributed by atoms with Crippen LogP contribution in [0.5, 0.6) is 5.88 Å². The highest BCUT2D eigenvalue weighted by Crippen LogP contribution is 2.45. The highest BCUT2D eigenvalue weighted by molar-refractivity contribution is 7.25. The van der Waals surface area contributed by atoms with Crippen molar-refractivity contribution in [1.29, 1.82) is 0 Å². The van der Waals surface area contributed by atoms with Gasteiger partial charge in [-0.1, -0.05) is 12.1 Å². The Morgan fingerprint density at radius 2 is 1.68 bits per heavy atom. The molecule has 0 atom stereocenters. The third kappa shape index (κ3) is 4.73. The molecule has 6 rings (SSSR count). The molecule has 200 valence electrons. The summed E-state index contributed by atoms with van der Waals surface area (Å²) in [6.07, 6.45) is -1.03. The highest BCUT2D eigenvalue weighted by Gasteiger charge is 2.36. The molecular weight excluding hydrogens is 513 g/mol. The predicted molar refractivity (Wildman–Crippen MR) is 145 cm³/mol. The summed E-state index contributed by atoms with van der Waals surface area (Å²) < 4.78 is 49.8. The van der Waals surface area contributed by atoms with Crippen molar-refractivity contribution in [3.05, 3.63) is 35.9 Å². The number of nitrogens with zero attached hydrogens (tertiary/aromatic N) is 5. The van der Waals surface area contributed by atoms with Crippen LogP contribution in [0.3, 0.4) is 0 Å². The van der Waals surface area contributed by atoms with Gasteiger partial charge in [-0.05, 0) is 44.4 Å². The summed E-state index contributed by atoms with van der Waals surface area (Å²) in [6.45, 7) is 7.02. The van der Waals surface area contributed by atoms with Gasteiger partial charge in [0.1, 0.15) is 15.0 Å². The number of halogens is 3. The van der Waals surface area contributed by atoms with E-state index in [1.807, 2.05) is 36.1 Å². The van der Waals surface area contributed by atoms with Crippen LogP contribution in [0.2, 0.25) is 0 Å². The monoisotopic (exact) mass is 542 g/mol. The molecule has 0 saturated carbocycles. The number of rotatable bonds is 5. The summed E-state index contributed by atoms with van der Waals surface area (Å²) >= 11 is 1.15. The van der Waals surface area contributed by atoms with Crippen molar-refractivity contribution in [3.63, 3.8) is 0 Å². The van der Waals surface area contributed by atoms with Crippen molar-refractivity contribution in [2.45, 2.75) is 32.4 Å². The van der Waals surface area contributed by atoms with E-state index in [4.69, 9.17) is 9.72 Å². The summed E-state index contributed by atoms with van der Waals surface area (Å²) in [5.41, 5.74) is 1.52. The fourth-order valence-corrected chi connectivity index (χ4v) is 6.29. The minimum Gasteiger partial charge on any atom is -0.477 e. The number of anilines is 2. The van der Waals surface area contributed by atoms with Gasteiger partial charge < -0.3 is 19.9 Å². The molecule has 0 radical (unpaired) electrons. The van der Waals surface area contributed by atoms with Gasteiger partial charge >= 0.3 is 6.18 Å². The Bertz CT molecular complexity index is 1440. The first kappa shape index (κ1) is 25.1. The Hall–Kier alpha value is -3.18. The number of thiophene rings is 1. The zero-order chi connectivity index (χ0) is 26.3. The standard InChI is InChI=1S/C27H29F3N6OS/c1-2-37-24-23-22(33-26(34-24)36-14-10-31-11-15-36)21-19(27(28,29)30)16-20(32-25(21)38-23)17-6-8-18(9-7-17)35-12-4-3-5-13-35/h6-9,16,31H,2-5,10-15H2,1H3. The van der Waals surface area contributed by atoms with Crippen LogP contribution in [0.1, 0.15) is 31.7 Å². The SMILES string of the molecule is CCOc1nc(N2CCNCC2)nc2c1sc1nc(-c3ccc(N4CCCCC4)cc3)cc(C(F)(F)F)c12. The van der Waals surface area contributed by atoms with Gasteiger partial charge in [-0.15, -0.1) is 11.3 Å². The average molecular weight is 543 g/mol. The molecule has 2 fully saturated rings. The maximum Gasteiger partial charge on any atom is 0.417 e. The summed E-state index contributed by atoms with van der Waals surface area (Å²) in [7, 11) is 0. The Morgan fingerprint density at radius 1 is 0.947 bits per heavy atom. The lowest BCUT2D eigenvalue weighted by Gasteiger charge is -2.28. The number of piperazine rings is 1. The molecule has 7 nitrogen and oxygen atoms in total. The summed E-state index contributed by atoms with van der Waals surface area (Å²) in [5, 5.41) is 3.28. The number of fused-ring (bicyclic) bond motifs is 3. The first-order chi connectivity index (χ1) is 18.4. The molecule has 2 aliphatic heterocycles. The van der Waals surface area contributed by atoms with Gasteiger partial charge in [-0.25, -0.2) is 9.97 Å². The quantitative estimate of drug-likeness (QED) is 0.346. The van der Waals surface area contributed by atoms with Crippen molar-refractivity contribution in [1.82, 2.24) is 20.3 Å². The highest BCUT2D eigenvalue weighted by atomic mass is 32.1. The minimum atomic E-state index is -4.58. The molecule has 11 heteroatoms. The second kappa shape index (κ2) is 10.2. The number of nitrogens with one attached hydrogen (secondary N) is 1. The molecule has 0 bridgehead atoms. The van der Waals surface area contributed by atoms with Gasteiger partial charge in [0.15, 0.2) is 0 Å². The van der Waals surface area contributed by atoms with E-state index in [1.54, 1.807) is 0 Å². The molecule has 4 aromatic rings. The first-order valence-corrected chi connectivity index (χ1v) is 13.9. The minimum absolute atomic E-state index is 0.00549. The molecule has 0 aliphatic carbocycles. The molecule has 38 heavy (non-hydrogen) atoms. The molecular formula is C27H29F3N6OS. The summed E-state index contributed by atoms with van der Waals surface area (Å²) in [6, 6.07) is 8.82. The van der Waals surface area contributed by atoms with Crippen LogP contribution in [0.15, 0.2) is 30.3 Å². The number of piperidine rings is 1. The summed E-state index contributed by atoms with van der Waals surface area (Å²) in [5.74, 6) is 0.683. The van der Waals surface area contributed by atoms with Gasteiger partial charge in [0.25, 0.3) is 0 Å². The van der Waals surface area contributed by atoms with Crippen LogP contribution in [0.4, 0.5) is 24.8 Å². The molecule has 5 heterocycles. The smallest absolute Gasteiger partial charge is 0.417 e. The third-order valence-electron chi connectivity index (χ3n) is 7.12. The lowest BCUT2D eigenvalue weighted by atomic mass is 10.0. The first-order valence-electron chi connectivity index (χ1n) is 13.1. The van der Waals surface area contributed by atoms with Crippen LogP contribution in [0, 0.1) is 0 Å². The molecule has 2 aliphatic rings. The van der Waals surface area contributed by atoms with Crippen molar-refractivity contribution < 1.29 is 17.9 Å². The molecule has 0 spiro atoms. The molecule has 2 saturated heterocycles. The number of alkyl halides is 3. The number of hydrogen-bond donors (Lipinski definition) is 1. The van der Waals surface area contributed by atoms with Gasteiger partial charge in [0, 0.05) is 50.5 Å². The number of aromatic nitrogens is 3. The van der Waals surface area contributed by atoms with Crippen LogP contribution < -0.4 is 19.9 Å². The van der Waals surface area contributed by atoms with E-state index in [2.05, 4.69) is 20.2 Å². The largest absolute Gasteiger partial charge is 0.477 e. The van der Waals surface area contributed by atoms with Gasteiger partial charge in [-0.3, -0.25) is 0 Å². The van der Waals surface area contributed by atoms with Crippen LogP contribution in [-0.4, -0.2) is 60.8 Å². The Labute approximate surface area is 222 Å². The van der Waals surface area contributed by atoms with E-state index >= 15 is 0 Å². The Balaban J connectivity index is 1.49. The summed E-state index contributed by atoms with van der Waals surface area (Å²) in [4.78, 5) is 18.5. The van der Waals surface area contributed by atoms with Crippen molar-refractivity contribution >= 4 is 43.4 Å². The average Bonchev–Trinajstić information content (AvgIpc) is 3.32. The second-order valence-corrected chi connectivity index (χ2v) is 10.6. The van der Waals surface area contributed by atoms with Crippen LogP contribution in [-0.2, 0) is 6.18 Å². The zero-order valence-corrected chi connectivity index (χ0v) is 22.0. The lowest BCUT2D eigenvalue weighted by molar-refractivity contribution is -0.136. The zero-order valence-electron chi connectivity index (χ0n) is 21.1. The number of pyridine rings is 1. The van der Waals surface area contributed by atoms with E-state index < -0.39 is 11.7 Å². The Morgan fingerprint density at radius 3 is 2.37 bits per heavy atom. The number of hydrogen-bond acceptors (Lipinski definition) is 8. The van der Waals surface area contributed by atoms with Gasteiger partial charge in [0.2, 0.25) is 11.8 Å². The molecule has 1 aromatic carbocycles. The van der Waals surface area contributed by atoms with E-state index in [-0.39, 0.29) is 21.4 Å². The maximum atomic E-state index is 14.5. The Kier molecular flexibility index (Phi) is 6.73. The molecule has 0 amide bonds. The molecule has 0 unspecified atom stereocenters. The van der Waals surface area contributed by atoms with E-state index in [9.17, 15) is 13.2 Å².